The van der Waals surface area contributed by atoms with E-state index < -0.39 is 10.0 Å². The van der Waals surface area contributed by atoms with Gasteiger partial charge >= 0.3 is 0 Å². The molecule has 0 spiro atoms. The van der Waals surface area contributed by atoms with Crippen LogP contribution in [0.3, 0.4) is 0 Å². The first-order valence-electron chi connectivity index (χ1n) is 10.2. The third-order valence-electron chi connectivity index (χ3n) is 4.84. The van der Waals surface area contributed by atoms with E-state index in [1.165, 1.54) is 0 Å². The van der Waals surface area contributed by atoms with E-state index >= 15 is 0 Å². The predicted molar refractivity (Wildman–Crippen MR) is 119 cm³/mol. The molecule has 7 nitrogen and oxygen atoms in total. The average molecular weight is 431 g/mol. The lowest BCUT2D eigenvalue weighted by atomic mass is 10.2. The maximum atomic E-state index is 12.3. The highest BCUT2D eigenvalue weighted by Crippen LogP contribution is 2.22. The fourth-order valence-corrected chi connectivity index (χ4v) is 4.37. The number of ether oxygens (including phenoxy) is 1. The van der Waals surface area contributed by atoms with Crippen LogP contribution in [0.4, 0.5) is 0 Å². The molecule has 1 fully saturated rings. The number of hydrogen-bond acceptors (Lipinski definition) is 4. The van der Waals surface area contributed by atoms with Gasteiger partial charge in [-0.25, -0.2) is 18.1 Å². The Kier molecular flexibility index (Phi) is 7.33. The molecule has 0 saturated heterocycles. The molecule has 0 heterocycles. The van der Waals surface area contributed by atoms with Gasteiger partial charge in [-0.05, 0) is 43.5 Å². The Balaban J connectivity index is 1.67. The molecule has 2 aromatic carbocycles. The van der Waals surface area contributed by atoms with Crippen molar-refractivity contribution in [1.82, 2.24) is 14.9 Å². The predicted octanol–water partition coefficient (Wildman–Crippen LogP) is 2.73. The van der Waals surface area contributed by atoms with Gasteiger partial charge in [0.2, 0.25) is 10.0 Å². The molecular formula is C22H30N4O3S. The van der Waals surface area contributed by atoms with E-state index in [0.29, 0.717) is 18.0 Å². The van der Waals surface area contributed by atoms with Crippen LogP contribution in [0, 0.1) is 0 Å². The first kappa shape index (κ1) is 22.1. The topological polar surface area (TPSA) is 83.0 Å². The molecule has 0 aromatic heterocycles. The highest BCUT2D eigenvalue weighted by molar-refractivity contribution is 7.89. The second-order valence-electron chi connectivity index (χ2n) is 7.38. The van der Waals surface area contributed by atoms with Crippen LogP contribution in [0.1, 0.15) is 30.9 Å². The number of nitrogens with one attached hydrogen (secondary N) is 2. The minimum absolute atomic E-state index is 0.0979. The van der Waals surface area contributed by atoms with Gasteiger partial charge in [0.05, 0.1) is 18.6 Å². The summed E-state index contributed by atoms with van der Waals surface area (Å²) in [4.78, 5) is 7.05. The quantitative estimate of drug-likeness (QED) is 0.472. The number of aliphatic imine (C=N–C) groups is 1. The van der Waals surface area contributed by atoms with E-state index in [1.54, 1.807) is 19.2 Å². The summed E-state index contributed by atoms with van der Waals surface area (Å²) < 4.78 is 32.7. The SMILES string of the molecule is CCNC(=NCc1ccc(S(=O)(=O)NC2CC2)cc1)N(C)Cc1ccccc1OC. The number of para-hydroxylation sites is 1. The smallest absolute Gasteiger partial charge is 0.240 e. The molecule has 2 aromatic rings. The van der Waals surface area contributed by atoms with Crippen molar-refractivity contribution in [1.29, 1.82) is 0 Å². The Bertz CT molecular complexity index is 970. The van der Waals surface area contributed by atoms with Crippen molar-refractivity contribution in [3.63, 3.8) is 0 Å². The van der Waals surface area contributed by atoms with Crippen molar-refractivity contribution in [2.45, 2.75) is 43.8 Å². The number of guanidine groups is 1. The minimum atomic E-state index is -3.43. The molecule has 30 heavy (non-hydrogen) atoms. The zero-order valence-corrected chi connectivity index (χ0v) is 18.6. The minimum Gasteiger partial charge on any atom is -0.496 e. The summed E-state index contributed by atoms with van der Waals surface area (Å²) in [7, 11) is 0.222. The molecule has 0 amide bonds. The Morgan fingerprint density at radius 2 is 1.87 bits per heavy atom. The van der Waals surface area contributed by atoms with Crippen molar-refractivity contribution >= 4 is 16.0 Å². The van der Waals surface area contributed by atoms with E-state index in [-0.39, 0.29) is 6.04 Å². The van der Waals surface area contributed by atoms with E-state index in [4.69, 9.17) is 9.73 Å². The van der Waals surface area contributed by atoms with Gasteiger partial charge in [0.25, 0.3) is 0 Å². The lowest BCUT2D eigenvalue weighted by molar-refractivity contribution is 0.396. The second-order valence-corrected chi connectivity index (χ2v) is 9.09. The molecular weight excluding hydrogens is 400 g/mol. The number of benzene rings is 2. The van der Waals surface area contributed by atoms with Crippen molar-refractivity contribution in [3.8, 4) is 5.75 Å². The third kappa shape index (κ3) is 5.96. The fraction of sp³-hybridized carbons (Fsp3) is 0.409. The molecule has 0 bridgehead atoms. The molecule has 3 rings (SSSR count). The van der Waals surface area contributed by atoms with E-state index in [2.05, 4.69) is 10.0 Å². The lowest BCUT2D eigenvalue weighted by Crippen LogP contribution is -2.38. The molecule has 1 aliphatic carbocycles. The Hall–Kier alpha value is -2.58. The maximum Gasteiger partial charge on any atom is 0.240 e. The highest BCUT2D eigenvalue weighted by atomic mass is 32.2. The summed E-state index contributed by atoms with van der Waals surface area (Å²) in [5, 5.41) is 3.30. The number of nitrogens with zero attached hydrogens (tertiary/aromatic N) is 2. The molecule has 0 radical (unpaired) electrons. The summed E-state index contributed by atoms with van der Waals surface area (Å²) in [5.74, 6) is 1.62. The molecule has 8 heteroatoms. The van der Waals surface area contributed by atoms with Gasteiger partial charge in [0.15, 0.2) is 5.96 Å². The van der Waals surface area contributed by atoms with Crippen LogP contribution in [-0.4, -0.2) is 46.0 Å². The Labute approximate surface area is 179 Å². The summed E-state index contributed by atoms with van der Waals surface area (Å²) in [5.41, 5.74) is 2.02. The largest absolute Gasteiger partial charge is 0.496 e. The van der Waals surface area contributed by atoms with Crippen LogP contribution in [0.15, 0.2) is 58.4 Å². The fourth-order valence-electron chi connectivity index (χ4n) is 3.06. The van der Waals surface area contributed by atoms with Crippen molar-refractivity contribution in [3.05, 3.63) is 59.7 Å². The van der Waals surface area contributed by atoms with E-state index in [9.17, 15) is 8.42 Å². The van der Waals surface area contributed by atoms with Gasteiger partial charge < -0.3 is 15.0 Å². The van der Waals surface area contributed by atoms with E-state index in [1.807, 2.05) is 55.3 Å². The maximum absolute atomic E-state index is 12.3. The van der Waals surface area contributed by atoms with Gasteiger partial charge in [-0.15, -0.1) is 0 Å². The van der Waals surface area contributed by atoms with Gasteiger partial charge in [0.1, 0.15) is 5.75 Å². The van der Waals surface area contributed by atoms with Crippen molar-refractivity contribution < 1.29 is 13.2 Å². The van der Waals surface area contributed by atoms with Crippen LogP contribution in [0.2, 0.25) is 0 Å². The number of hydrogen-bond donors (Lipinski definition) is 2. The third-order valence-corrected chi connectivity index (χ3v) is 6.38. The lowest BCUT2D eigenvalue weighted by Gasteiger charge is -2.23. The molecule has 0 atom stereocenters. The first-order valence-corrected chi connectivity index (χ1v) is 11.6. The van der Waals surface area contributed by atoms with Crippen molar-refractivity contribution in [2.75, 3.05) is 20.7 Å². The number of rotatable bonds is 9. The molecule has 162 valence electrons. The van der Waals surface area contributed by atoms with Gasteiger partial charge in [-0.3, -0.25) is 0 Å². The molecule has 2 N–H and O–H groups in total. The summed E-state index contributed by atoms with van der Waals surface area (Å²) >= 11 is 0. The standard InChI is InChI=1S/C22H30N4O3S/c1-4-23-22(26(2)16-18-7-5-6-8-21(18)29-3)24-15-17-9-13-20(14-10-17)30(27,28)25-19-11-12-19/h5-10,13-14,19,25H,4,11-12,15-16H2,1-3H3,(H,23,24). The molecule has 1 saturated carbocycles. The second kappa shape index (κ2) is 9.95. The summed E-state index contributed by atoms with van der Waals surface area (Å²) in [6.45, 7) is 3.88. The highest BCUT2D eigenvalue weighted by Gasteiger charge is 2.27. The molecule has 0 unspecified atom stereocenters. The summed E-state index contributed by atoms with van der Waals surface area (Å²) in [6.07, 6.45) is 1.84. The Morgan fingerprint density at radius 1 is 1.17 bits per heavy atom. The van der Waals surface area contributed by atoms with Gasteiger partial charge in [-0.2, -0.15) is 0 Å². The number of methoxy groups -OCH3 is 1. The molecule has 0 aliphatic heterocycles. The van der Waals surface area contributed by atoms with Gasteiger partial charge in [-0.1, -0.05) is 30.3 Å². The van der Waals surface area contributed by atoms with Crippen LogP contribution in [-0.2, 0) is 23.1 Å². The van der Waals surface area contributed by atoms with Crippen LogP contribution >= 0.6 is 0 Å². The van der Waals surface area contributed by atoms with Gasteiger partial charge in [0, 0.05) is 31.7 Å². The van der Waals surface area contributed by atoms with Crippen molar-refractivity contribution in [2.24, 2.45) is 4.99 Å². The monoisotopic (exact) mass is 430 g/mol. The summed E-state index contributed by atoms with van der Waals surface area (Å²) in [6, 6.07) is 14.9. The molecule has 1 aliphatic rings. The number of sulfonamides is 1. The van der Waals surface area contributed by atoms with Crippen LogP contribution in [0.25, 0.3) is 0 Å². The zero-order valence-electron chi connectivity index (χ0n) is 17.8. The van der Waals surface area contributed by atoms with Crippen LogP contribution in [0.5, 0.6) is 5.75 Å². The average Bonchev–Trinajstić information content (AvgIpc) is 3.55. The van der Waals surface area contributed by atoms with Crippen LogP contribution < -0.4 is 14.8 Å². The Morgan fingerprint density at radius 3 is 2.50 bits per heavy atom. The first-order chi connectivity index (χ1) is 14.4. The van der Waals surface area contributed by atoms with E-state index in [0.717, 1.165) is 42.2 Å². The zero-order chi connectivity index (χ0) is 21.6. The normalized spacial score (nSPS) is 14.4.